The number of nitrogens with zero attached hydrogens (tertiary/aromatic N) is 2. The van der Waals surface area contributed by atoms with Gasteiger partial charge in [-0.05, 0) is 43.0 Å². The number of ketones is 1. The minimum Gasteiger partial charge on any atom is -0.340 e. The molecule has 0 aliphatic carbocycles. The van der Waals surface area contributed by atoms with E-state index in [-0.39, 0.29) is 11.7 Å². The predicted molar refractivity (Wildman–Crippen MR) is 84.1 cm³/mol. The third-order valence-corrected chi connectivity index (χ3v) is 4.79. The van der Waals surface area contributed by atoms with Crippen LogP contribution in [0, 0.1) is 11.3 Å². The van der Waals surface area contributed by atoms with Gasteiger partial charge in [-0.25, -0.2) is 0 Å². The van der Waals surface area contributed by atoms with Crippen molar-refractivity contribution in [1.29, 1.82) is 5.26 Å². The number of fused-ring (bicyclic) bond motifs is 1. The summed E-state index contributed by atoms with van der Waals surface area (Å²) in [6.07, 6.45) is 2.73. The molecule has 0 radical (unpaired) electrons. The molecule has 1 aliphatic heterocycles. The smallest absolute Gasteiger partial charge is 0.210 e. The van der Waals surface area contributed by atoms with E-state index in [1.807, 2.05) is 16.9 Å². The molecule has 0 fully saturated rings. The molecule has 0 bridgehead atoms. The molecular weight excluding hydrogens is 304 g/mol. The summed E-state index contributed by atoms with van der Waals surface area (Å²) in [7, 11) is 0. The first-order valence-corrected chi connectivity index (χ1v) is 8.23. The zero-order valence-electron chi connectivity index (χ0n) is 11.5. The van der Waals surface area contributed by atoms with Gasteiger partial charge >= 0.3 is 0 Å². The highest BCUT2D eigenvalue weighted by Crippen LogP contribution is 2.36. The fraction of sp³-hybridized carbons (Fsp3) is 0.250. The van der Waals surface area contributed by atoms with Crippen molar-refractivity contribution in [3.63, 3.8) is 0 Å². The molecule has 1 aromatic carbocycles. The molecule has 0 N–H and O–H groups in total. The molecule has 0 saturated carbocycles. The number of halogens is 1. The Hall–Kier alpha value is -1.70. The van der Waals surface area contributed by atoms with Gasteiger partial charge in [0.05, 0.1) is 12.0 Å². The topological polar surface area (TPSA) is 45.8 Å². The van der Waals surface area contributed by atoms with Gasteiger partial charge in [0.15, 0.2) is 0 Å². The Balaban J connectivity index is 2.08. The lowest BCUT2D eigenvalue weighted by Crippen LogP contribution is -2.10. The summed E-state index contributed by atoms with van der Waals surface area (Å²) in [5, 5.41) is 9.81. The van der Waals surface area contributed by atoms with E-state index in [1.54, 1.807) is 36.0 Å². The molecule has 1 unspecified atom stereocenters. The van der Waals surface area contributed by atoms with E-state index >= 15 is 0 Å². The molecule has 0 spiro atoms. The van der Waals surface area contributed by atoms with Crippen LogP contribution in [0.15, 0.2) is 35.2 Å². The lowest BCUT2D eigenvalue weighted by molar-refractivity contribution is 0.102. The second-order valence-corrected chi connectivity index (χ2v) is 6.23. The Bertz CT molecular complexity index is 743. The van der Waals surface area contributed by atoms with Crippen LogP contribution in [0.4, 0.5) is 0 Å². The average Bonchev–Trinajstić information content (AvgIpc) is 3.05. The van der Waals surface area contributed by atoms with Crippen molar-refractivity contribution in [3.05, 3.63) is 52.3 Å². The number of rotatable bonds is 3. The highest BCUT2D eigenvalue weighted by Gasteiger charge is 2.30. The van der Waals surface area contributed by atoms with E-state index in [9.17, 15) is 10.1 Å². The average molecular weight is 317 g/mol. The number of carbonyl (C=O) groups is 1. The zero-order valence-corrected chi connectivity index (χ0v) is 13.0. The molecule has 0 amide bonds. The van der Waals surface area contributed by atoms with Gasteiger partial charge in [0.1, 0.15) is 5.69 Å². The largest absolute Gasteiger partial charge is 0.340 e. The molecule has 1 aromatic heterocycles. The number of nitriles is 1. The van der Waals surface area contributed by atoms with Crippen LogP contribution in [0.5, 0.6) is 0 Å². The van der Waals surface area contributed by atoms with Gasteiger partial charge in [-0.15, -0.1) is 11.8 Å². The van der Waals surface area contributed by atoms with Crippen LogP contribution >= 0.6 is 23.4 Å². The van der Waals surface area contributed by atoms with E-state index in [0.717, 1.165) is 23.6 Å². The van der Waals surface area contributed by atoms with E-state index in [1.165, 1.54) is 0 Å². The first-order valence-electron chi connectivity index (χ1n) is 6.63. The van der Waals surface area contributed by atoms with Gasteiger partial charge in [0.25, 0.3) is 0 Å². The first kappa shape index (κ1) is 14.2. The molecule has 1 aliphatic rings. The van der Waals surface area contributed by atoms with Crippen molar-refractivity contribution in [2.24, 2.45) is 0 Å². The molecule has 0 saturated heterocycles. The molecule has 3 rings (SSSR count). The maximum atomic E-state index is 12.8. The van der Waals surface area contributed by atoms with Gasteiger partial charge in [0, 0.05) is 27.7 Å². The van der Waals surface area contributed by atoms with E-state index < -0.39 is 0 Å². The lowest BCUT2D eigenvalue weighted by Gasteiger charge is -2.07. The summed E-state index contributed by atoms with van der Waals surface area (Å²) >= 11 is 7.42. The Labute approximate surface area is 132 Å². The SMILES string of the molecule is CSc1cc2n(c1C(=O)c1ccc(Cl)cc1)CCC2C#N. The summed E-state index contributed by atoms with van der Waals surface area (Å²) < 4.78 is 2.00. The quantitative estimate of drug-likeness (QED) is 0.632. The summed E-state index contributed by atoms with van der Waals surface area (Å²) in [4.78, 5) is 13.7. The second kappa shape index (κ2) is 5.59. The van der Waals surface area contributed by atoms with E-state index in [2.05, 4.69) is 6.07 Å². The second-order valence-electron chi connectivity index (χ2n) is 4.94. The van der Waals surface area contributed by atoms with Crippen LogP contribution in [0.3, 0.4) is 0 Å². The van der Waals surface area contributed by atoms with Crippen molar-refractivity contribution in [2.75, 3.05) is 6.26 Å². The third-order valence-electron chi connectivity index (χ3n) is 3.79. The van der Waals surface area contributed by atoms with Gasteiger partial charge in [-0.2, -0.15) is 5.26 Å². The van der Waals surface area contributed by atoms with E-state index in [4.69, 9.17) is 11.6 Å². The van der Waals surface area contributed by atoms with Crippen molar-refractivity contribution >= 4 is 29.1 Å². The predicted octanol–water partition coefficient (Wildman–Crippen LogP) is 4.11. The Kier molecular flexibility index (Phi) is 3.79. The van der Waals surface area contributed by atoms with Crippen LogP contribution in [0.1, 0.15) is 34.1 Å². The van der Waals surface area contributed by atoms with Crippen LogP contribution in [0.2, 0.25) is 5.02 Å². The molecule has 2 heterocycles. The van der Waals surface area contributed by atoms with Crippen LogP contribution in [-0.2, 0) is 6.54 Å². The standard InChI is InChI=1S/C16H13ClN2OS/c1-21-14-8-13-11(9-18)6-7-19(13)15(14)16(20)10-2-4-12(17)5-3-10/h2-5,8,11H,6-7H2,1H3. The van der Waals surface area contributed by atoms with Crippen molar-refractivity contribution in [1.82, 2.24) is 4.57 Å². The van der Waals surface area contributed by atoms with Crippen LogP contribution in [-0.4, -0.2) is 16.6 Å². The fourth-order valence-corrected chi connectivity index (χ4v) is 3.50. The van der Waals surface area contributed by atoms with Crippen LogP contribution in [0.25, 0.3) is 0 Å². The van der Waals surface area contributed by atoms with Gasteiger partial charge < -0.3 is 4.57 Å². The molecule has 21 heavy (non-hydrogen) atoms. The van der Waals surface area contributed by atoms with Crippen molar-refractivity contribution in [2.45, 2.75) is 23.8 Å². The molecule has 3 nitrogen and oxygen atoms in total. The number of hydrogen-bond donors (Lipinski definition) is 0. The van der Waals surface area contributed by atoms with Gasteiger partial charge in [-0.3, -0.25) is 4.79 Å². The highest BCUT2D eigenvalue weighted by atomic mass is 35.5. The fourth-order valence-electron chi connectivity index (χ4n) is 2.74. The molecule has 106 valence electrons. The highest BCUT2D eigenvalue weighted by molar-refractivity contribution is 7.98. The van der Waals surface area contributed by atoms with Gasteiger partial charge in [-0.1, -0.05) is 11.6 Å². The Morgan fingerprint density at radius 2 is 2.14 bits per heavy atom. The molecule has 5 heteroatoms. The monoisotopic (exact) mass is 316 g/mol. The summed E-state index contributed by atoms with van der Waals surface area (Å²) in [6.45, 7) is 0.725. The summed E-state index contributed by atoms with van der Waals surface area (Å²) in [5.41, 5.74) is 2.27. The summed E-state index contributed by atoms with van der Waals surface area (Å²) in [6, 6.07) is 11.2. The van der Waals surface area contributed by atoms with Crippen molar-refractivity contribution < 1.29 is 4.79 Å². The van der Waals surface area contributed by atoms with Gasteiger partial charge in [0.2, 0.25) is 5.78 Å². The lowest BCUT2D eigenvalue weighted by atomic mass is 10.1. The van der Waals surface area contributed by atoms with E-state index in [0.29, 0.717) is 16.3 Å². The number of carbonyl (C=O) groups excluding carboxylic acids is 1. The molecular formula is C16H13ClN2OS. The molecule has 1 atom stereocenters. The Morgan fingerprint density at radius 1 is 1.43 bits per heavy atom. The maximum Gasteiger partial charge on any atom is 0.210 e. The first-order chi connectivity index (χ1) is 10.2. The third kappa shape index (κ3) is 2.37. The number of benzene rings is 1. The number of thioether (sulfide) groups is 1. The van der Waals surface area contributed by atoms with Crippen molar-refractivity contribution in [3.8, 4) is 6.07 Å². The molecule has 2 aromatic rings. The summed E-state index contributed by atoms with van der Waals surface area (Å²) in [5.74, 6) is -0.122. The minimum atomic E-state index is -0.109. The number of aromatic nitrogens is 1. The Morgan fingerprint density at radius 3 is 2.76 bits per heavy atom. The normalized spacial score (nSPS) is 16.5. The maximum absolute atomic E-state index is 12.8. The number of hydrogen-bond acceptors (Lipinski definition) is 3. The zero-order chi connectivity index (χ0) is 15.0. The minimum absolute atomic E-state index is 0.0131. The van der Waals surface area contributed by atoms with Crippen LogP contribution < -0.4 is 0 Å².